The Kier molecular flexibility index (Phi) is 7.62. The zero-order valence-electron chi connectivity index (χ0n) is 14.5. The lowest BCUT2D eigenvalue weighted by atomic mass is 10.0. The van der Waals surface area contributed by atoms with E-state index in [0.29, 0.717) is 11.3 Å². The number of carbonyl (C=O) groups excluding carboxylic acids is 2. The maximum Gasteiger partial charge on any atom is 0.412 e. The molecule has 8 heteroatoms. The number of hydrogen-bond donors (Lipinski definition) is 4. The molecule has 0 saturated carbocycles. The van der Waals surface area contributed by atoms with E-state index >= 15 is 0 Å². The van der Waals surface area contributed by atoms with E-state index in [0.717, 1.165) is 15.2 Å². The molecule has 0 aliphatic carbocycles. The number of nitrogens with one attached hydrogen (secondary N) is 2. The highest BCUT2D eigenvalue weighted by atomic mass is 127. The Morgan fingerprint density at radius 3 is 2.59 bits per heavy atom. The van der Waals surface area contributed by atoms with E-state index in [2.05, 4.69) is 27.9 Å². The lowest BCUT2D eigenvalue weighted by molar-refractivity contribution is -0.124. The number of aromatic hydroxyl groups is 1. The average Bonchev–Trinajstić information content (AvgIpc) is 2.64. The Morgan fingerprint density at radius 2 is 1.93 bits per heavy atom. The number of halogens is 1. The van der Waals surface area contributed by atoms with Crippen LogP contribution in [0.15, 0.2) is 54.6 Å². The molecule has 0 bridgehead atoms. The van der Waals surface area contributed by atoms with E-state index in [1.807, 2.05) is 19.1 Å². The maximum absolute atomic E-state index is 12.3. The van der Waals surface area contributed by atoms with E-state index in [9.17, 15) is 14.7 Å². The summed E-state index contributed by atoms with van der Waals surface area (Å²) in [6.07, 6.45) is 1.16. The van der Waals surface area contributed by atoms with E-state index in [1.54, 1.807) is 24.3 Å². The molecule has 0 unspecified atom stereocenters. The van der Waals surface area contributed by atoms with E-state index in [4.69, 9.17) is 9.94 Å². The molecule has 7 nitrogen and oxygen atoms in total. The van der Waals surface area contributed by atoms with Crippen LogP contribution in [-0.2, 0) is 9.53 Å². The third-order valence-electron chi connectivity index (χ3n) is 3.61. The van der Waals surface area contributed by atoms with Gasteiger partial charge in [-0.25, -0.2) is 10.3 Å². The first-order valence-corrected chi connectivity index (χ1v) is 9.10. The summed E-state index contributed by atoms with van der Waals surface area (Å²) in [6, 6.07) is 12.1. The number of hydrogen-bond acceptors (Lipinski definition) is 5. The van der Waals surface area contributed by atoms with Crippen LogP contribution < -0.4 is 10.8 Å². The molecule has 0 radical (unpaired) electrons. The summed E-state index contributed by atoms with van der Waals surface area (Å²) < 4.78 is 6.32. The number of amides is 2. The van der Waals surface area contributed by atoms with Gasteiger partial charge in [-0.1, -0.05) is 23.8 Å². The normalized spacial score (nSPS) is 11.8. The summed E-state index contributed by atoms with van der Waals surface area (Å²) in [5, 5.41) is 21.3. The molecule has 2 aromatic rings. The number of phenols is 1. The topological polar surface area (TPSA) is 108 Å². The average molecular weight is 482 g/mol. The van der Waals surface area contributed by atoms with Crippen molar-refractivity contribution in [1.29, 1.82) is 0 Å². The van der Waals surface area contributed by atoms with Gasteiger partial charge < -0.3 is 9.84 Å². The number of anilines is 1. The van der Waals surface area contributed by atoms with Gasteiger partial charge in [-0.2, -0.15) is 0 Å². The molecule has 142 valence electrons. The van der Waals surface area contributed by atoms with Crippen molar-refractivity contribution in [1.82, 2.24) is 5.48 Å². The minimum atomic E-state index is -0.826. The molecule has 27 heavy (non-hydrogen) atoms. The Balaban J connectivity index is 2.16. The monoisotopic (exact) mass is 482 g/mol. The molecular formula is C19H19IN2O5. The molecule has 1 atom stereocenters. The van der Waals surface area contributed by atoms with Crippen LogP contribution in [0.4, 0.5) is 10.5 Å². The largest absolute Gasteiger partial charge is 0.508 e. The molecule has 0 aliphatic heterocycles. The van der Waals surface area contributed by atoms with Gasteiger partial charge in [0.15, 0.2) is 0 Å². The Hall–Kier alpha value is -2.59. The summed E-state index contributed by atoms with van der Waals surface area (Å²) >= 11 is 2.08. The molecule has 2 amide bonds. The number of phenolic OH excluding ortho intramolecular Hbond substituents is 1. The fourth-order valence-corrected chi connectivity index (χ4v) is 2.79. The van der Waals surface area contributed by atoms with Gasteiger partial charge in [-0.15, -0.1) is 0 Å². The van der Waals surface area contributed by atoms with Crippen LogP contribution in [0.3, 0.4) is 0 Å². The quantitative estimate of drug-likeness (QED) is 0.215. The number of hydroxylamine groups is 1. The fraction of sp³-hybridized carbons (Fsp3) is 0.158. The van der Waals surface area contributed by atoms with E-state index in [1.165, 1.54) is 17.6 Å². The zero-order chi connectivity index (χ0) is 19.8. The van der Waals surface area contributed by atoms with Crippen molar-refractivity contribution < 1.29 is 24.6 Å². The van der Waals surface area contributed by atoms with E-state index < -0.39 is 18.1 Å². The summed E-state index contributed by atoms with van der Waals surface area (Å²) in [4.78, 5) is 23.4. The number of ether oxygens (including phenoxy) is 1. The number of benzene rings is 2. The fourth-order valence-electron chi connectivity index (χ4n) is 2.27. The van der Waals surface area contributed by atoms with E-state index in [-0.39, 0.29) is 12.2 Å². The number of carbonyl (C=O) groups is 2. The van der Waals surface area contributed by atoms with Gasteiger partial charge in [-0.05, 0) is 59.8 Å². The van der Waals surface area contributed by atoms with Crippen LogP contribution in [0.25, 0.3) is 0 Å². The van der Waals surface area contributed by atoms with Crippen LogP contribution in [0, 0.1) is 10.5 Å². The zero-order valence-corrected chi connectivity index (χ0v) is 16.6. The highest BCUT2D eigenvalue weighted by molar-refractivity contribution is 14.1. The molecule has 2 rings (SSSR count). The first kappa shape index (κ1) is 20.7. The van der Waals surface area contributed by atoms with Gasteiger partial charge >= 0.3 is 6.09 Å². The summed E-state index contributed by atoms with van der Waals surface area (Å²) in [7, 11) is 0. The Morgan fingerprint density at radius 1 is 1.22 bits per heavy atom. The maximum atomic E-state index is 12.3. The second kappa shape index (κ2) is 9.93. The third-order valence-corrected chi connectivity index (χ3v) is 4.28. The first-order valence-electron chi connectivity index (χ1n) is 8.02. The van der Waals surface area contributed by atoms with Crippen molar-refractivity contribution in [3.8, 4) is 5.75 Å². The molecule has 0 aromatic heterocycles. The predicted octanol–water partition coefficient (Wildman–Crippen LogP) is 4.05. The van der Waals surface area contributed by atoms with Crippen LogP contribution >= 0.6 is 22.6 Å². The van der Waals surface area contributed by atoms with Crippen LogP contribution in [0.5, 0.6) is 5.75 Å². The third kappa shape index (κ3) is 6.57. The van der Waals surface area contributed by atoms with Gasteiger partial charge in [0.2, 0.25) is 0 Å². The molecule has 0 saturated heterocycles. The van der Waals surface area contributed by atoms with Gasteiger partial charge in [0, 0.05) is 27.3 Å². The van der Waals surface area contributed by atoms with Crippen molar-refractivity contribution >= 4 is 40.3 Å². The van der Waals surface area contributed by atoms with Gasteiger partial charge in [-0.3, -0.25) is 15.3 Å². The molecule has 2 aromatic carbocycles. The number of rotatable bonds is 6. The van der Waals surface area contributed by atoms with Crippen molar-refractivity contribution in [2.24, 2.45) is 0 Å². The van der Waals surface area contributed by atoms with Crippen LogP contribution in [-0.4, -0.2) is 22.3 Å². The molecule has 0 heterocycles. The lowest BCUT2D eigenvalue weighted by Crippen LogP contribution is -2.18. The van der Waals surface area contributed by atoms with Crippen molar-refractivity contribution in [2.45, 2.75) is 19.4 Å². The summed E-state index contributed by atoms with van der Waals surface area (Å²) in [6.45, 7) is 1.94. The van der Waals surface area contributed by atoms with Gasteiger partial charge in [0.05, 0.1) is 0 Å². The van der Waals surface area contributed by atoms with Crippen molar-refractivity contribution in [2.75, 3.05) is 5.32 Å². The standard InChI is InChI=1S/C19H19IN2O5/c1-12-5-8-14(9-6-12)21-19(25)27-17(3-2-4-18(24)22-26)15-11-13(20)7-10-16(15)23/h2,4-11,17,23,26H,3H2,1H3,(H,21,25)(H,22,24)/b4-2+/t17-/m0/s1. The minimum absolute atomic E-state index is 0.0245. The highest BCUT2D eigenvalue weighted by Gasteiger charge is 2.20. The molecule has 0 aliphatic rings. The predicted molar refractivity (Wildman–Crippen MR) is 109 cm³/mol. The van der Waals surface area contributed by atoms with Crippen molar-refractivity contribution in [3.05, 3.63) is 69.3 Å². The first-order chi connectivity index (χ1) is 12.9. The summed E-state index contributed by atoms with van der Waals surface area (Å²) in [5.41, 5.74) is 3.53. The van der Waals surface area contributed by atoms with Crippen LogP contribution in [0.2, 0.25) is 0 Å². The number of aryl methyl sites for hydroxylation is 1. The SMILES string of the molecule is Cc1ccc(NC(=O)O[C@@H](C/C=C/C(=O)NO)c2cc(I)ccc2O)cc1. The molecule has 4 N–H and O–H groups in total. The molecular weight excluding hydrogens is 463 g/mol. The Labute approximate surface area is 170 Å². The highest BCUT2D eigenvalue weighted by Crippen LogP contribution is 2.31. The van der Waals surface area contributed by atoms with Gasteiger partial charge in [0.1, 0.15) is 11.9 Å². The molecule has 0 spiro atoms. The van der Waals surface area contributed by atoms with Crippen LogP contribution in [0.1, 0.15) is 23.7 Å². The second-order valence-corrected chi connectivity index (χ2v) is 6.95. The summed E-state index contributed by atoms with van der Waals surface area (Å²) in [5.74, 6) is -0.728. The van der Waals surface area contributed by atoms with Gasteiger partial charge in [0.25, 0.3) is 5.91 Å². The van der Waals surface area contributed by atoms with Crippen molar-refractivity contribution in [3.63, 3.8) is 0 Å². The lowest BCUT2D eigenvalue weighted by Gasteiger charge is -2.19. The molecule has 0 fully saturated rings. The smallest absolute Gasteiger partial charge is 0.412 e. The Bertz CT molecular complexity index is 836. The minimum Gasteiger partial charge on any atom is -0.508 e. The second-order valence-electron chi connectivity index (χ2n) is 5.70.